The van der Waals surface area contributed by atoms with Crippen molar-refractivity contribution >= 4 is 12.0 Å². The Morgan fingerprint density at radius 3 is 2.78 bits per heavy atom. The Labute approximate surface area is 108 Å². The average Bonchev–Trinajstić information content (AvgIpc) is 2.65. The van der Waals surface area contributed by atoms with Gasteiger partial charge in [0, 0.05) is 0 Å². The van der Waals surface area contributed by atoms with Crippen molar-refractivity contribution in [3.63, 3.8) is 0 Å². The fourth-order valence-corrected chi connectivity index (χ4v) is 1.88. The standard InChI is InChI=1S/C15H18N2O/c1-10(2)13-6-4-5-12(9-13)7-8-14-15(18)17-11(3)16-14/h4-10,14,16H,3H2,1-2H3,(H,17,18)/b8-7+. The number of benzene rings is 1. The first kappa shape index (κ1) is 12.4. The van der Waals surface area contributed by atoms with Gasteiger partial charge in [-0.2, -0.15) is 0 Å². The monoisotopic (exact) mass is 242 g/mol. The molecule has 2 N–H and O–H groups in total. The molecular formula is C15H18N2O. The van der Waals surface area contributed by atoms with E-state index in [2.05, 4.69) is 43.2 Å². The zero-order valence-electron chi connectivity index (χ0n) is 10.7. The highest BCUT2D eigenvalue weighted by molar-refractivity contribution is 5.88. The molecule has 1 amide bonds. The predicted molar refractivity (Wildman–Crippen MR) is 73.8 cm³/mol. The van der Waals surface area contributed by atoms with Gasteiger partial charge in [0.05, 0.1) is 5.82 Å². The highest BCUT2D eigenvalue weighted by Crippen LogP contribution is 2.16. The van der Waals surface area contributed by atoms with Crippen LogP contribution in [0.3, 0.4) is 0 Å². The van der Waals surface area contributed by atoms with E-state index in [-0.39, 0.29) is 11.9 Å². The van der Waals surface area contributed by atoms with E-state index in [9.17, 15) is 4.79 Å². The first-order valence-electron chi connectivity index (χ1n) is 6.11. The number of rotatable bonds is 3. The number of carbonyl (C=O) groups is 1. The molecule has 0 spiro atoms. The molecule has 3 heteroatoms. The minimum absolute atomic E-state index is 0.0590. The quantitative estimate of drug-likeness (QED) is 0.854. The molecule has 1 aliphatic heterocycles. The molecule has 1 fully saturated rings. The Morgan fingerprint density at radius 2 is 2.17 bits per heavy atom. The molecule has 1 atom stereocenters. The van der Waals surface area contributed by atoms with Crippen LogP contribution in [0.2, 0.25) is 0 Å². The smallest absolute Gasteiger partial charge is 0.252 e. The maximum absolute atomic E-state index is 11.5. The Hall–Kier alpha value is -2.03. The van der Waals surface area contributed by atoms with E-state index in [1.165, 1.54) is 5.56 Å². The Morgan fingerprint density at radius 1 is 1.39 bits per heavy atom. The minimum Gasteiger partial charge on any atom is -0.357 e. The lowest BCUT2D eigenvalue weighted by molar-refractivity contribution is -0.119. The van der Waals surface area contributed by atoms with Crippen molar-refractivity contribution in [2.75, 3.05) is 0 Å². The van der Waals surface area contributed by atoms with Crippen molar-refractivity contribution in [3.05, 3.63) is 53.9 Å². The summed E-state index contributed by atoms with van der Waals surface area (Å²) < 4.78 is 0. The fraction of sp³-hybridized carbons (Fsp3) is 0.267. The van der Waals surface area contributed by atoms with Gasteiger partial charge >= 0.3 is 0 Å². The van der Waals surface area contributed by atoms with Crippen LogP contribution in [-0.4, -0.2) is 11.9 Å². The van der Waals surface area contributed by atoms with Crippen molar-refractivity contribution in [1.29, 1.82) is 0 Å². The van der Waals surface area contributed by atoms with Crippen LogP contribution in [0.5, 0.6) is 0 Å². The molecule has 1 aliphatic rings. The summed E-state index contributed by atoms with van der Waals surface area (Å²) in [6.07, 6.45) is 3.81. The molecule has 94 valence electrons. The van der Waals surface area contributed by atoms with E-state index in [0.717, 1.165) is 5.56 Å². The van der Waals surface area contributed by atoms with Crippen molar-refractivity contribution in [2.24, 2.45) is 0 Å². The summed E-state index contributed by atoms with van der Waals surface area (Å²) in [5, 5.41) is 5.61. The number of hydrogen-bond donors (Lipinski definition) is 2. The highest BCUT2D eigenvalue weighted by atomic mass is 16.2. The van der Waals surface area contributed by atoms with Crippen LogP contribution in [0.1, 0.15) is 30.9 Å². The minimum atomic E-state index is -0.319. The Bertz CT molecular complexity index is 503. The maximum atomic E-state index is 11.5. The van der Waals surface area contributed by atoms with Gasteiger partial charge in [-0.1, -0.05) is 56.8 Å². The molecule has 3 nitrogen and oxygen atoms in total. The van der Waals surface area contributed by atoms with E-state index in [1.54, 1.807) is 0 Å². The molecule has 0 saturated carbocycles. The molecule has 2 rings (SSSR count). The van der Waals surface area contributed by atoms with Gasteiger partial charge in [-0.3, -0.25) is 4.79 Å². The normalized spacial score (nSPS) is 19.4. The van der Waals surface area contributed by atoms with Gasteiger partial charge in [0.1, 0.15) is 6.04 Å². The second-order valence-corrected chi connectivity index (χ2v) is 4.77. The van der Waals surface area contributed by atoms with E-state index in [1.807, 2.05) is 24.3 Å². The lowest BCUT2D eigenvalue weighted by Gasteiger charge is -2.06. The summed E-state index contributed by atoms with van der Waals surface area (Å²) in [4.78, 5) is 11.5. The lowest BCUT2D eigenvalue weighted by atomic mass is 10.0. The third-order valence-electron chi connectivity index (χ3n) is 2.94. The Balaban J connectivity index is 2.11. The number of hydrogen-bond acceptors (Lipinski definition) is 2. The Kier molecular flexibility index (Phi) is 3.51. The summed E-state index contributed by atoms with van der Waals surface area (Å²) in [7, 11) is 0. The molecular weight excluding hydrogens is 224 g/mol. The van der Waals surface area contributed by atoms with Crippen LogP contribution in [-0.2, 0) is 4.79 Å². The van der Waals surface area contributed by atoms with Gasteiger partial charge in [0.2, 0.25) is 0 Å². The first-order valence-corrected chi connectivity index (χ1v) is 6.11. The number of amides is 1. The molecule has 0 radical (unpaired) electrons. The van der Waals surface area contributed by atoms with Crippen LogP contribution in [0.4, 0.5) is 0 Å². The van der Waals surface area contributed by atoms with E-state index in [0.29, 0.717) is 11.7 Å². The van der Waals surface area contributed by atoms with Gasteiger partial charge in [0.25, 0.3) is 5.91 Å². The molecule has 0 aromatic heterocycles. The molecule has 1 aromatic rings. The van der Waals surface area contributed by atoms with Crippen molar-refractivity contribution in [2.45, 2.75) is 25.8 Å². The third-order valence-corrected chi connectivity index (χ3v) is 2.94. The number of nitrogens with one attached hydrogen (secondary N) is 2. The molecule has 1 heterocycles. The summed E-state index contributed by atoms with van der Waals surface area (Å²) in [6, 6.07) is 8.01. The average molecular weight is 242 g/mol. The molecule has 1 aromatic carbocycles. The molecule has 1 unspecified atom stereocenters. The third kappa shape index (κ3) is 2.80. The molecule has 0 aliphatic carbocycles. The van der Waals surface area contributed by atoms with Crippen molar-refractivity contribution in [3.8, 4) is 0 Å². The molecule has 18 heavy (non-hydrogen) atoms. The summed E-state index contributed by atoms with van der Waals surface area (Å²) in [6.45, 7) is 8.00. The van der Waals surface area contributed by atoms with Gasteiger partial charge in [-0.05, 0) is 17.0 Å². The van der Waals surface area contributed by atoms with Gasteiger partial charge in [0.15, 0.2) is 0 Å². The predicted octanol–water partition coefficient (Wildman–Crippen LogP) is 2.38. The van der Waals surface area contributed by atoms with Crippen LogP contribution in [0.15, 0.2) is 42.7 Å². The zero-order chi connectivity index (χ0) is 13.1. The zero-order valence-corrected chi connectivity index (χ0v) is 10.7. The summed E-state index contributed by atoms with van der Waals surface area (Å²) >= 11 is 0. The van der Waals surface area contributed by atoms with Gasteiger partial charge in [-0.15, -0.1) is 0 Å². The number of carbonyl (C=O) groups excluding carboxylic acids is 1. The second kappa shape index (κ2) is 5.08. The van der Waals surface area contributed by atoms with Crippen LogP contribution in [0.25, 0.3) is 6.08 Å². The van der Waals surface area contributed by atoms with Crippen LogP contribution >= 0.6 is 0 Å². The van der Waals surface area contributed by atoms with E-state index < -0.39 is 0 Å². The largest absolute Gasteiger partial charge is 0.357 e. The van der Waals surface area contributed by atoms with E-state index >= 15 is 0 Å². The van der Waals surface area contributed by atoms with Crippen molar-refractivity contribution in [1.82, 2.24) is 10.6 Å². The van der Waals surface area contributed by atoms with Crippen LogP contribution < -0.4 is 10.6 Å². The first-order chi connectivity index (χ1) is 8.56. The topological polar surface area (TPSA) is 41.1 Å². The molecule has 1 saturated heterocycles. The SMILES string of the molecule is C=C1NC(=O)C(/C=C/c2cccc(C(C)C)c2)N1. The van der Waals surface area contributed by atoms with Gasteiger partial charge in [-0.25, -0.2) is 0 Å². The maximum Gasteiger partial charge on any atom is 0.252 e. The lowest BCUT2D eigenvalue weighted by Crippen LogP contribution is -2.25. The van der Waals surface area contributed by atoms with Crippen LogP contribution in [0, 0.1) is 0 Å². The summed E-state index contributed by atoms with van der Waals surface area (Å²) in [5.74, 6) is 1.01. The molecule has 0 bridgehead atoms. The highest BCUT2D eigenvalue weighted by Gasteiger charge is 2.22. The fourth-order valence-electron chi connectivity index (χ4n) is 1.88. The van der Waals surface area contributed by atoms with E-state index in [4.69, 9.17) is 0 Å². The van der Waals surface area contributed by atoms with Gasteiger partial charge < -0.3 is 10.6 Å². The summed E-state index contributed by atoms with van der Waals surface area (Å²) in [5.41, 5.74) is 2.40. The van der Waals surface area contributed by atoms with Crippen molar-refractivity contribution < 1.29 is 4.79 Å². The second-order valence-electron chi connectivity index (χ2n) is 4.77.